The van der Waals surface area contributed by atoms with Crippen molar-refractivity contribution >= 4 is 38.7 Å². The largest absolute Gasteiger partial charge is 0.321 e. The molecule has 1 amide bonds. The van der Waals surface area contributed by atoms with Gasteiger partial charge in [-0.05, 0) is 37.1 Å². The van der Waals surface area contributed by atoms with Crippen LogP contribution in [-0.4, -0.2) is 10.8 Å². The third kappa shape index (κ3) is 2.93. The van der Waals surface area contributed by atoms with Crippen LogP contribution in [0.15, 0.2) is 42.5 Å². The Morgan fingerprint density at radius 2 is 1.83 bits per heavy atom. The van der Waals surface area contributed by atoms with Crippen molar-refractivity contribution in [2.24, 2.45) is 0 Å². The zero-order valence-corrected chi connectivity index (χ0v) is 13.4. The highest BCUT2D eigenvalue weighted by atomic mass is 32.1. The number of thiophene rings is 1. The lowest BCUT2D eigenvalue weighted by Crippen LogP contribution is -2.12. The van der Waals surface area contributed by atoms with Crippen LogP contribution >= 0.6 is 11.3 Å². The number of anilines is 1. The van der Waals surface area contributed by atoms with E-state index < -0.39 is 4.92 Å². The molecule has 0 aliphatic rings. The maximum atomic E-state index is 12.5. The summed E-state index contributed by atoms with van der Waals surface area (Å²) in [6.45, 7) is 3.88. The van der Waals surface area contributed by atoms with Crippen LogP contribution in [0.5, 0.6) is 0 Å². The molecule has 1 N–H and O–H groups in total. The van der Waals surface area contributed by atoms with Gasteiger partial charge >= 0.3 is 0 Å². The molecule has 0 atom stereocenters. The Morgan fingerprint density at radius 1 is 1.13 bits per heavy atom. The third-order valence-corrected chi connectivity index (χ3v) is 4.77. The number of amides is 1. The van der Waals surface area contributed by atoms with Gasteiger partial charge in [-0.3, -0.25) is 14.9 Å². The number of hydrogen-bond donors (Lipinski definition) is 1. The summed E-state index contributed by atoms with van der Waals surface area (Å²) >= 11 is 1.32. The minimum atomic E-state index is -0.437. The lowest BCUT2D eigenvalue weighted by atomic mass is 10.1. The van der Waals surface area contributed by atoms with Gasteiger partial charge in [0.25, 0.3) is 11.6 Å². The third-order valence-electron chi connectivity index (χ3n) is 3.65. The molecular weight excluding hydrogens is 312 g/mol. The summed E-state index contributed by atoms with van der Waals surface area (Å²) < 4.78 is 0.849. The Labute approximate surface area is 136 Å². The molecule has 0 saturated heterocycles. The monoisotopic (exact) mass is 326 g/mol. The molecule has 3 rings (SSSR count). The fourth-order valence-electron chi connectivity index (χ4n) is 2.44. The summed E-state index contributed by atoms with van der Waals surface area (Å²) in [5.41, 5.74) is 2.82. The lowest BCUT2D eigenvalue weighted by molar-refractivity contribution is -0.384. The van der Waals surface area contributed by atoms with Crippen LogP contribution in [0.4, 0.5) is 11.4 Å². The number of nitro benzene ring substituents is 1. The van der Waals surface area contributed by atoms with Crippen LogP contribution in [0.1, 0.15) is 20.8 Å². The van der Waals surface area contributed by atoms with E-state index >= 15 is 0 Å². The number of fused-ring (bicyclic) bond motifs is 1. The van der Waals surface area contributed by atoms with Gasteiger partial charge in [0.2, 0.25) is 0 Å². The fourth-order valence-corrected chi connectivity index (χ4v) is 3.38. The molecule has 0 spiro atoms. The predicted octanol–water partition coefficient (Wildman–Crippen LogP) is 4.68. The van der Waals surface area contributed by atoms with Gasteiger partial charge in [-0.25, -0.2) is 0 Å². The first-order valence-electron chi connectivity index (χ1n) is 7.01. The van der Waals surface area contributed by atoms with Crippen LogP contribution in [-0.2, 0) is 0 Å². The van der Waals surface area contributed by atoms with Crippen molar-refractivity contribution in [2.75, 3.05) is 5.32 Å². The zero-order chi connectivity index (χ0) is 16.6. The maximum absolute atomic E-state index is 12.5. The van der Waals surface area contributed by atoms with Crippen LogP contribution in [0.25, 0.3) is 10.1 Å². The molecular formula is C17H14N2O3S. The second kappa shape index (κ2) is 5.81. The molecule has 0 aliphatic carbocycles. The number of non-ortho nitro benzene ring substituents is 1. The highest BCUT2D eigenvalue weighted by Crippen LogP contribution is 2.30. The summed E-state index contributed by atoms with van der Waals surface area (Å²) in [5.74, 6) is -0.203. The van der Waals surface area contributed by atoms with Crippen LogP contribution in [0.3, 0.4) is 0 Å². The summed E-state index contributed by atoms with van der Waals surface area (Å²) in [6.07, 6.45) is 0. The van der Waals surface area contributed by atoms with E-state index in [9.17, 15) is 14.9 Å². The summed E-state index contributed by atoms with van der Waals surface area (Å²) in [7, 11) is 0. The minimum absolute atomic E-state index is 0.0250. The molecule has 0 unspecified atom stereocenters. The standard InChI is InChI=1S/C17H14N2O3S/c1-10-4-3-5-11(2)16(10)18-17(20)15-9-12-8-13(19(21)22)6-7-14(12)23-15/h3-9H,1-2H3,(H,18,20). The Bertz CT molecular complexity index is 910. The Balaban J connectivity index is 1.93. The first kappa shape index (κ1) is 15.2. The van der Waals surface area contributed by atoms with E-state index in [1.807, 2.05) is 32.0 Å². The fraction of sp³-hybridized carbons (Fsp3) is 0.118. The van der Waals surface area contributed by atoms with Crippen molar-refractivity contribution in [1.82, 2.24) is 0 Å². The molecule has 0 aliphatic heterocycles. The highest BCUT2D eigenvalue weighted by Gasteiger charge is 2.14. The SMILES string of the molecule is Cc1cccc(C)c1NC(=O)c1cc2cc([N+](=O)[O-])ccc2s1. The van der Waals surface area contributed by atoms with Crippen molar-refractivity contribution in [3.8, 4) is 0 Å². The van der Waals surface area contributed by atoms with Crippen molar-refractivity contribution < 1.29 is 9.72 Å². The first-order chi connectivity index (χ1) is 11.0. The van der Waals surface area contributed by atoms with Gasteiger partial charge in [-0.15, -0.1) is 11.3 Å². The van der Waals surface area contributed by atoms with E-state index in [4.69, 9.17) is 0 Å². The van der Waals surface area contributed by atoms with E-state index in [1.165, 1.54) is 23.5 Å². The van der Waals surface area contributed by atoms with E-state index in [-0.39, 0.29) is 11.6 Å². The predicted molar refractivity (Wildman–Crippen MR) is 92.3 cm³/mol. The zero-order valence-electron chi connectivity index (χ0n) is 12.6. The number of hydrogen-bond acceptors (Lipinski definition) is 4. The number of rotatable bonds is 3. The smallest absolute Gasteiger partial charge is 0.270 e. The van der Waals surface area contributed by atoms with Gasteiger partial charge in [0.15, 0.2) is 0 Å². The number of benzene rings is 2. The number of aryl methyl sites for hydroxylation is 2. The van der Waals surface area contributed by atoms with Gasteiger partial charge in [-0.2, -0.15) is 0 Å². The average Bonchev–Trinajstić information content (AvgIpc) is 2.94. The quantitative estimate of drug-likeness (QED) is 0.561. The van der Waals surface area contributed by atoms with Crippen molar-refractivity contribution in [3.63, 3.8) is 0 Å². The van der Waals surface area contributed by atoms with Crippen molar-refractivity contribution in [3.05, 3.63) is 68.6 Å². The molecule has 1 heterocycles. The molecule has 0 saturated carbocycles. The summed E-state index contributed by atoms with van der Waals surface area (Å²) in [5, 5.41) is 14.5. The van der Waals surface area contributed by atoms with Gasteiger partial charge in [0.05, 0.1) is 9.80 Å². The molecule has 116 valence electrons. The Hall–Kier alpha value is -2.73. The minimum Gasteiger partial charge on any atom is -0.321 e. The maximum Gasteiger partial charge on any atom is 0.270 e. The van der Waals surface area contributed by atoms with Gasteiger partial charge in [-0.1, -0.05) is 18.2 Å². The Morgan fingerprint density at radius 3 is 2.48 bits per heavy atom. The van der Waals surface area contributed by atoms with Gasteiger partial charge < -0.3 is 5.32 Å². The second-order valence-electron chi connectivity index (χ2n) is 5.31. The van der Waals surface area contributed by atoms with E-state index in [0.29, 0.717) is 10.3 Å². The molecule has 5 nitrogen and oxygen atoms in total. The van der Waals surface area contributed by atoms with E-state index in [0.717, 1.165) is 21.5 Å². The molecule has 23 heavy (non-hydrogen) atoms. The number of carbonyl (C=O) groups excluding carboxylic acids is 1. The molecule has 0 fully saturated rings. The number of nitrogens with zero attached hydrogens (tertiary/aromatic N) is 1. The van der Waals surface area contributed by atoms with Gasteiger partial charge in [0.1, 0.15) is 0 Å². The van der Waals surface area contributed by atoms with E-state index in [1.54, 1.807) is 12.1 Å². The topological polar surface area (TPSA) is 72.2 Å². The van der Waals surface area contributed by atoms with Gasteiger partial charge in [0, 0.05) is 27.9 Å². The van der Waals surface area contributed by atoms with E-state index in [2.05, 4.69) is 5.32 Å². The van der Waals surface area contributed by atoms with Crippen LogP contribution in [0, 0.1) is 24.0 Å². The molecule has 3 aromatic rings. The van der Waals surface area contributed by atoms with Crippen molar-refractivity contribution in [1.29, 1.82) is 0 Å². The molecule has 1 aromatic heterocycles. The highest BCUT2D eigenvalue weighted by molar-refractivity contribution is 7.20. The Kier molecular flexibility index (Phi) is 3.83. The summed E-state index contributed by atoms with van der Waals surface area (Å²) in [6, 6.07) is 12.1. The average molecular weight is 326 g/mol. The van der Waals surface area contributed by atoms with Crippen LogP contribution in [0.2, 0.25) is 0 Å². The van der Waals surface area contributed by atoms with Crippen LogP contribution < -0.4 is 5.32 Å². The van der Waals surface area contributed by atoms with Crippen molar-refractivity contribution in [2.45, 2.75) is 13.8 Å². The normalized spacial score (nSPS) is 10.7. The number of nitro groups is 1. The number of nitrogens with one attached hydrogen (secondary N) is 1. The molecule has 0 radical (unpaired) electrons. The lowest BCUT2D eigenvalue weighted by Gasteiger charge is -2.10. The molecule has 2 aromatic carbocycles. The first-order valence-corrected chi connectivity index (χ1v) is 7.83. The molecule has 6 heteroatoms. The second-order valence-corrected chi connectivity index (χ2v) is 6.39. The number of carbonyl (C=O) groups is 1. The number of para-hydroxylation sites is 1. The molecule has 0 bridgehead atoms. The summed E-state index contributed by atoms with van der Waals surface area (Å²) in [4.78, 5) is 23.4.